The number of amides is 2. The highest BCUT2D eigenvalue weighted by Gasteiger charge is 2.11. The van der Waals surface area contributed by atoms with Gasteiger partial charge in [0.2, 0.25) is 5.91 Å². The fourth-order valence-electron chi connectivity index (χ4n) is 2.42. The van der Waals surface area contributed by atoms with Crippen LogP contribution in [0.5, 0.6) is 0 Å². The molecule has 2 amide bonds. The Labute approximate surface area is 156 Å². The van der Waals surface area contributed by atoms with E-state index >= 15 is 0 Å². The molecule has 3 aromatic rings. The molecule has 0 radical (unpaired) electrons. The number of hydrogen-bond donors (Lipinski definition) is 2. The second-order valence-corrected chi connectivity index (χ2v) is 6.25. The van der Waals surface area contributed by atoms with Gasteiger partial charge in [0.1, 0.15) is 0 Å². The summed E-state index contributed by atoms with van der Waals surface area (Å²) in [4.78, 5) is 24.4. The molecule has 1 heterocycles. The topological polar surface area (TPSA) is 71.3 Å². The Balaban J connectivity index is 1.68. The quantitative estimate of drug-likeness (QED) is 0.687. The third-order valence-electron chi connectivity index (χ3n) is 3.79. The van der Waals surface area contributed by atoms with Crippen molar-refractivity contribution in [1.82, 2.24) is 0 Å². The first-order chi connectivity index (χ1) is 12.5. The van der Waals surface area contributed by atoms with E-state index in [0.717, 1.165) is 11.1 Å². The van der Waals surface area contributed by atoms with Crippen LogP contribution < -0.4 is 10.6 Å². The summed E-state index contributed by atoms with van der Waals surface area (Å²) < 4.78 is 5.07. The minimum atomic E-state index is -0.350. The molecule has 0 aliphatic carbocycles. The standard InChI is InChI=1S/C20H17ClN2O3/c1-13-4-9-16(22-20(25)18-3-2-10-26-18)12-17(13)23-19(24)11-14-5-7-15(21)8-6-14/h2-10,12H,11H2,1H3,(H,22,25)(H,23,24). The predicted molar refractivity (Wildman–Crippen MR) is 102 cm³/mol. The van der Waals surface area contributed by atoms with Crippen molar-refractivity contribution >= 4 is 34.8 Å². The number of rotatable bonds is 5. The normalized spacial score (nSPS) is 10.4. The third kappa shape index (κ3) is 4.52. The van der Waals surface area contributed by atoms with Crippen molar-refractivity contribution in [1.29, 1.82) is 0 Å². The number of nitrogens with one attached hydrogen (secondary N) is 2. The van der Waals surface area contributed by atoms with Crippen molar-refractivity contribution in [3.8, 4) is 0 Å². The first-order valence-electron chi connectivity index (χ1n) is 8.01. The van der Waals surface area contributed by atoms with Gasteiger partial charge < -0.3 is 15.1 Å². The fourth-order valence-corrected chi connectivity index (χ4v) is 2.54. The zero-order chi connectivity index (χ0) is 18.5. The van der Waals surface area contributed by atoms with E-state index in [2.05, 4.69) is 10.6 Å². The molecule has 0 aliphatic rings. The summed E-state index contributed by atoms with van der Waals surface area (Å²) >= 11 is 5.85. The number of benzene rings is 2. The average Bonchev–Trinajstić information content (AvgIpc) is 3.15. The third-order valence-corrected chi connectivity index (χ3v) is 4.04. The van der Waals surface area contributed by atoms with E-state index in [0.29, 0.717) is 16.4 Å². The summed E-state index contributed by atoms with van der Waals surface area (Å²) in [6, 6.07) is 15.7. The van der Waals surface area contributed by atoms with Crippen LogP contribution in [0.3, 0.4) is 0 Å². The van der Waals surface area contributed by atoms with Crippen LogP contribution in [0.15, 0.2) is 65.3 Å². The molecule has 0 aliphatic heterocycles. The second-order valence-electron chi connectivity index (χ2n) is 5.81. The largest absolute Gasteiger partial charge is 0.459 e. The van der Waals surface area contributed by atoms with E-state index in [1.54, 1.807) is 36.4 Å². The van der Waals surface area contributed by atoms with E-state index in [1.807, 2.05) is 25.1 Å². The summed E-state index contributed by atoms with van der Waals surface area (Å²) in [5, 5.41) is 6.25. The first-order valence-corrected chi connectivity index (χ1v) is 8.39. The van der Waals surface area contributed by atoms with Gasteiger partial charge in [-0.25, -0.2) is 0 Å². The number of halogens is 1. The van der Waals surface area contributed by atoms with Gasteiger partial charge in [-0.3, -0.25) is 9.59 Å². The van der Waals surface area contributed by atoms with Crippen molar-refractivity contribution in [2.45, 2.75) is 13.3 Å². The van der Waals surface area contributed by atoms with Gasteiger partial charge in [-0.2, -0.15) is 0 Å². The fraction of sp³-hybridized carbons (Fsp3) is 0.100. The van der Waals surface area contributed by atoms with E-state index in [9.17, 15) is 9.59 Å². The van der Waals surface area contributed by atoms with Gasteiger partial charge in [-0.05, 0) is 54.4 Å². The molecule has 0 unspecified atom stereocenters. The van der Waals surface area contributed by atoms with Gasteiger partial charge in [-0.15, -0.1) is 0 Å². The van der Waals surface area contributed by atoms with E-state index in [4.69, 9.17) is 16.0 Å². The van der Waals surface area contributed by atoms with Crippen molar-refractivity contribution in [2.75, 3.05) is 10.6 Å². The van der Waals surface area contributed by atoms with Gasteiger partial charge in [0.25, 0.3) is 5.91 Å². The number of carbonyl (C=O) groups excluding carboxylic acids is 2. The maximum Gasteiger partial charge on any atom is 0.291 e. The molecule has 5 nitrogen and oxygen atoms in total. The maximum absolute atomic E-state index is 12.3. The Bertz CT molecular complexity index is 919. The lowest BCUT2D eigenvalue weighted by Gasteiger charge is -2.11. The lowest BCUT2D eigenvalue weighted by Crippen LogP contribution is -2.16. The molecule has 2 aromatic carbocycles. The molecular weight excluding hydrogens is 352 g/mol. The highest BCUT2D eigenvalue weighted by Crippen LogP contribution is 2.21. The number of hydrogen-bond acceptors (Lipinski definition) is 3. The zero-order valence-electron chi connectivity index (χ0n) is 14.1. The second kappa shape index (κ2) is 7.89. The number of carbonyl (C=O) groups is 2. The highest BCUT2D eigenvalue weighted by atomic mass is 35.5. The number of furan rings is 1. The van der Waals surface area contributed by atoms with Crippen molar-refractivity contribution < 1.29 is 14.0 Å². The van der Waals surface area contributed by atoms with E-state index in [1.165, 1.54) is 6.26 Å². The predicted octanol–water partition coefficient (Wildman–Crippen LogP) is 4.67. The van der Waals surface area contributed by atoms with Gasteiger partial charge in [0.05, 0.1) is 12.7 Å². The number of aryl methyl sites for hydroxylation is 1. The minimum Gasteiger partial charge on any atom is -0.459 e. The molecule has 132 valence electrons. The van der Waals surface area contributed by atoms with E-state index < -0.39 is 0 Å². The molecule has 0 saturated heterocycles. The maximum atomic E-state index is 12.3. The van der Waals surface area contributed by atoms with Crippen LogP contribution in [-0.2, 0) is 11.2 Å². The van der Waals surface area contributed by atoms with Gasteiger partial charge in [-0.1, -0.05) is 29.8 Å². The van der Waals surface area contributed by atoms with E-state index in [-0.39, 0.29) is 24.0 Å². The molecular formula is C20H17ClN2O3. The monoisotopic (exact) mass is 368 g/mol. The Hall–Kier alpha value is -3.05. The molecule has 0 bridgehead atoms. The van der Waals surface area contributed by atoms with Gasteiger partial charge in [0.15, 0.2) is 5.76 Å². The molecule has 6 heteroatoms. The Morgan fingerprint density at radius 2 is 1.81 bits per heavy atom. The minimum absolute atomic E-state index is 0.148. The molecule has 0 atom stereocenters. The van der Waals surface area contributed by atoms with Crippen molar-refractivity contribution in [2.24, 2.45) is 0 Å². The molecule has 26 heavy (non-hydrogen) atoms. The van der Waals surface area contributed by atoms with Gasteiger partial charge in [0, 0.05) is 16.4 Å². The Morgan fingerprint density at radius 3 is 2.50 bits per heavy atom. The van der Waals surface area contributed by atoms with Crippen LogP contribution >= 0.6 is 11.6 Å². The Kier molecular flexibility index (Phi) is 5.39. The Morgan fingerprint density at radius 1 is 1.04 bits per heavy atom. The summed E-state index contributed by atoms with van der Waals surface area (Å²) in [5.41, 5.74) is 2.97. The summed E-state index contributed by atoms with van der Waals surface area (Å²) in [7, 11) is 0. The molecule has 2 N–H and O–H groups in total. The highest BCUT2D eigenvalue weighted by molar-refractivity contribution is 6.30. The van der Waals surface area contributed by atoms with Crippen LogP contribution in [-0.4, -0.2) is 11.8 Å². The molecule has 1 aromatic heterocycles. The lowest BCUT2D eigenvalue weighted by molar-refractivity contribution is -0.115. The van der Waals surface area contributed by atoms with Crippen LogP contribution in [0.4, 0.5) is 11.4 Å². The van der Waals surface area contributed by atoms with Crippen LogP contribution in [0.1, 0.15) is 21.7 Å². The van der Waals surface area contributed by atoms with Gasteiger partial charge >= 0.3 is 0 Å². The number of anilines is 2. The zero-order valence-corrected chi connectivity index (χ0v) is 14.8. The molecule has 0 fully saturated rings. The van der Waals surface area contributed by atoms with Crippen molar-refractivity contribution in [3.63, 3.8) is 0 Å². The van der Waals surface area contributed by atoms with Crippen molar-refractivity contribution in [3.05, 3.63) is 82.8 Å². The summed E-state index contributed by atoms with van der Waals surface area (Å²) in [6.07, 6.45) is 1.67. The average molecular weight is 369 g/mol. The molecule has 0 saturated carbocycles. The van der Waals surface area contributed by atoms with Crippen LogP contribution in [0.25, 0.3) is 0 Å². The SMILES string of the molecule is Cc1ccc(NC(=O)c2ccco2)cc1NC(=O)Cc1ccc(Cl)cc1. The summed E-state index contributed by atoms with van der Waals surface area (Å²) in [5.74, 6) is -0.277. The van der Waals surface area contributed by atoms with Crippen LogP contribution in [0.2, 0.25) is 5.02 Å². The smallest absolute Gasteiger partial charge is 0.291 e. The molecule has 0 spiro atoms. The molecule has 3 rings (SSSR count). The first kappa shape index (κ1) is 17.8. The lowest BCUT2D eigenvalue weighted by atomic mass is 10.1. The summed E-state index contributed by atoms with van der Waals surface area (Å²) in [6.45, 7) is 1.88. The van der Waals surface area contributed by atoms with Crippen LogP contribution in [0, 0.1) is 6.92 Å².